The van der Waals surface area contributed by atoms with Gasteiger partial charge in [-0.3, -0.25) is 4.79 Å². The second kappa shape index (κ2) is 8.37. The monoisotopic (exact) mass is 467 g/mol. The highest BCUT2D eigenvalue weighted by atomic mass is 35.5. The van der Waals surface area contributed by atoms with E-state index in [-0.39, 0.29) is 22.5 Å². The number of hydrogen-bond acceptors (Lipinski definition) is 3. The van der Waals surface area contributed by atoms with Crippen LogP contribution >= 0.6 is 23.2 Å². The van der Waals surface area contributed by atoms with Crippen LogP contribution in [0.1, 0.15) is 47.1 Å². The third-order valence-electron chi connectivity index (χ3n) is 5.50. The summed E-state index contributed by atoms with van der Waals surface area (Å²) in [5.41, 5.74) is 2.43. The predicted molar refractivity (Wildman–Crippen MR) is 116 cm³/mol. The number of carbonyl (C=O) groups excluding carboxylic acids is 1. The van der Waals surface area contributed by atoms with Gasteiger partial charge in [0.15, 0.2) is 0 Å². The normalized spacial score (nSPS) is 16.0. The summed E-state index contributed by atoms with van der Waals surface area (Å²) in [4.78, 5) is 21.9. The van der Waals surface area contributed by atoms with E-state index in [1.807, 2.05) is 6.92 Å². The molecule has 1 saturated heterocycles. The molecule has 0 saturated carbocycles. The van der Waals surface area contributed by atoms with Crippen LogP contribution in [0.25, 0.3) is 11.0 Å². The van der Waals surface area contributed by atoms with Gasteiger partial charge in [-0.2, -0.15) is 8.78 Å². The number of halogens is 4. The third-order valence-corrected chi connectivity index (χ3v) is 6.24. The molecule has 1 aromatic carbocycles. The van der Waals surface area contributed by atoms with E-state index in [4.69, 9.17) is 27.9 Å². The zero-order chi connectivity index (χ0) is 22.3. The van der Waals surface area contributed by atoms with Crippen LogP contribution < -0.4 is 0 Å². The second-order valence-corrected chi connectivity index (χ2v) is 8.48. The Morgan fingerprint density at radius 3 is 2.61 bits per heavy atom. The second-order valence-electron chi connectivity index (χ2n) is 7.69. The summed E-state index contributed by atoms with van der Waals surface area (Å²) >= 11 is 13.1. The summed E-state index contributed by atoms with van der Waals surface area (Å²) in [5.74, 6) is -3.53. The van der Waals surface area contributed by atoms with Gasteiger partial charge in [0.05, 0.1) is 34.8 Å². The van der Waals surface area contributed by atoms with Gasteiger partial charge in [0.25, 0.3) is 11.8 Å². The molecule has 0 aliphatic carbocycles. The summed E-state index contributed by atoms with van der Waals surface area (Å²) in [7, 11) is 0. The van der Waals surface area contributed by atoms with Crippen LogP contribution in [0.3, 0.4) is 0 Å². The highest BCUT2D eigenvalue weighted by Crippen LogP contribution is 2.38. The zero-order valence-corrected chi connectivity index (χ0v) is 18.5. The number of fused-ring (bicyclic) bond motifs is 1. The number of ether oxygens (including phenoxy) is 1. The number of aromatic amines is 1. The van der Waals surface area contributed by atoms with Gasteiger partial charge in [-0.25, -0.2) is 4.98 Å². The molecule has 1 unspecified atom stereocenters. The van der Waals surface area contributed by atoms with Gasteiger partial charge in [-0.15, -0.1) is 0 Å². The number of H-pyrrole nitrogens is 1. The first-order valence-electron chi connectivity index (χ1n) is 9.89. The van der Waals surface area contributed by atoms with Crippen molar-refractivity contribution in [3.8, 4) is 0 Å². The standard InChI is InChI=1S/C22H21Cl2F2N3O2/c1-12(16-11-17-15(27-16)5-6-18(28-17)22(2,25)26)19-14(23)4-3-13(20(19)24)21(30)29-7-9-31-10-8-29/h3-6,11-12,27H,7-10H2,1-2H3. The van der Waals surface area contributed by atoms with E-state index in [0.717, 1.165) is 6.92 Å². The molecule has 4 rings (SSSR count). The van der Waals surface area contributed by atoms with Crippen LogP contribution in [0.4, 0.5) is 8.78 Å². The maximum absolute atomic E-state index is 13.6. The van der Waals surface area contributed by atoms with E-state index in [9.17, 15) is 13.6 Å². The highest BCUT2D eigenvalue weighted by Gasteiger charge is 2.28. The van der Waals surface area contributed by atoms with Crippen molar-refractivity contribution in [1.29, 1.82) is 0 Å². The molecule has 3 heterocycles. The number of amides is 1. The first-order chi connectivity index (χ1) is 14.7. The predicted octanol–water partition coefficient (Wildman–Crippen LogP) is 5.61. The van der Waals surface area contributed by atoms with Gasteiger partial charge < -0.3 is 14.6 Å². The van der Waals surface area contributed by atoms with Crippen molar-refractivity contribution in [2.24, 2.45) is 0 Å². The quantitative estimate of drug-likeness (QED) is 0.542. The number of carbonyl (C=O) groups is 1. The number of rotatable bonds is 4. The molecule has 1 atom stereocenters. The molecule has 3 aromatic rings. The molecule has 0 radical (unpaired) electrons. The molecular formula is C22H21Cl2F2N3O2. The lowest BCUT2D eigenvalue weighted by atomic mass is 9.95. The number of pyridine rings is 1. The van der Waals surface area contributed by atoms with Crippen molar-refractivity contribution in [3.63, 3.8) is 0 Å². The Bertz CT molecular complexity index is 1140. The summed E-state index contributed by atoms with van der Waals surface area (Å²) in [6.45, 7) is 4.67. The number of hydrogen-bond donors (Lipinski definition) is 1. The molecule has 0 bridgehead atoms. The van der Waals surface area contributed by atoms with Crippen molar-refractivity contribution in [2.75, 3.05) is 26.3 Å². The molecule has 1 N–H and O–H groups in total. The first-order valence-corrected chi connectivity index (χ1v) is 10.7. The molecule has 2 aromatic heterocycles. The third kappa shape index (κ3) is 4.27. The number of nitrogens with zero attached hydrogens (tertiary/aromatic N) is 2. The summed E-state index contributed by atoms with van der Waals surface area (Å²) in [6, 6.07) is 7.87. The maximum Gasteiger partial charge on any atom is 0.286 e. The van der Waals surface area contributed by atoms with Crippen LogP contribution in [0, 0.1) is 0 Å². The summed E-state index contributed by atoms with van der Waals surface area (Å²) < 4.78 is 32.6. The molecular weight excluding hydrogens is 447 g/mol. The molecule has 1 aliphatic rings. The Balaban J connectivity index is 1.71. The Morgan fingerprint density at radius 2 is 1.94 bits per heavy atom. The number of aromatic nitrogens is 2. The molecule has 5 nitrogen and oxygen atoms in total. The molecule has 31 heavy (non-hydrogen) atoms. The topological polar surface area (TPSA) is 58.2 Å². The Labute approximate surface area is 188 Å². The maximum atomic E-state index is 13.6. The molecule has 9 heteroatoms. The largest absolute Gasteiger partial charge is 0.378 e. The lowest BCUT2D eigenvalue weighted by Crippen LogP contribution is -2.40. The van der Waals surface area contributed by atoms with E-state index in [2.05, 4.69) is 9.97 Å². The van der Waals surface area contributed by atoms with Crippen molar-refractivity contribution in [1.82, 2.24) is 14.9 Å². The van der Waals surface area contributed by atoms with E-state index >= 15 is 0 Å². The van der Waals surface area contributed by atoms with Crippen molar-refractivity contribution >= 4 is 40.1 Å². The van der Waals surface area contributed by atoms with Crippen LogP contribution in [0.2, 0.25) is 10.0 Å². The number of morpholine rings is 1. The van der Waals surface area contributed by atoms with E-state index in [1.54, 1.807) is 29.2 Å². The number of nitrogens with one attached hydrogen (secondary N) is 1. The lowest BCUT2D eigenvalue weighted by Gasteiger charge is -2.28. The Kier molecular flexibility index (Phi) is 5.94. The van der Waals surface area contributed by atoms with E-state index < -0.39 is 5.92 Å². The summed E-state index contributed by atoms with van der Waals surface area (Å²) in [6.07, 6.45) is 0. The Morgan fingerprint density at radius 1 is 1.23 bits per heavy atom. The molecule has 164 valence electrons. The van der Waals surface area contributed by atoms with E-state index in [0.29, 0.717) is 59.2 Å². The summed E-state index contributed by atoms with van der Waals surface area (Å²) in [5, 5.41) is 0.701. The van der Waals surface area contributed by atoms with Gasteiger partial charge in [0.1, 0.15) is 5.69 Å². The highest BCUT2D eigenvalue weighted by molar-refractivity contribution is 6.38. The van der Waals surface area contributed by atoms with Gasteiger partial charge in [0, 0.05) is 36.6 Å². The van der Waals surface area contributed by atoms with E-state index in [1.165, 1.54) is 6.07 Å². The minimum absolute atomic E-state index is 0.174. The van der Waals surface area contributed by atoms with Crippen molar-refractivity contribution < 1.29 is 18.3 Å². The van der Waals surface area contributed by atoms with Crippen LogP contribution in [-0.4, -0.2) is 47.1 Å². The minimum Gasteiger partial charge on any atom is -0.378 e. The fourth-order valence-corrected chi connectivity index (χ4v) is 4.51. The van der Waals surface area contributed by atoms with Gasteiger partial charge >= 0.3 is 0 Å². The molecule has 1 aliphatic heterocycles. The van der Waals surface area contributed by atoms with Crippen molar-refractivity contribution in [3.05, 3.63) is 62.9 Å². The van der Waals surface area contributed by atoms with Crippen LogP contribution in [0.15, 0.2) is 30.3 Å². The van der Waals surface area contributed by atoms with Gasteiger partial charge in [-0.1, -0.05) is 30.1 Å². The smallest absolute Gasteiger partial charge is 0.286 e. The average Bonchev–Trinajstić information content (AvgIpc) is 3.17. The number of alkyl halides is 2. The molecule has 1 fully saturated rings. The fourth-order valence-electron chi connectivity index (χ4n) is 3.73. The first kappa shape index (κ1) is 22.0. The fraction of sp³-hybridized carbons (Fsp3) is 0.364. The number of benzene rings is 1. The van der Waals surface area contributed by atoms with Crippen LogP contribution in [-0.2, 0) is 10.7 Å². The van der Waals surface area contributed by atoms with Gasteiger partial charge in [-0.05, 0) is 35.9 Å². The average molecular weight is 468 g/mol. The Hall–Kier alpha value is -2.22. The lowest BCUT2D eigenvalue weighted by molar-refractivity contribution is 0.0131. The SMILES string of the molecule is CC(c1cc2nc(C(C)(F)F)ccc2[nH]1)c1c(Cl)ccc(C(=O)N2CCOCC2)c1Cl. The molecule has 0 spiro atoms. The minimum atomic E-state index is -3.03. The van der Waals surface area contributed by atoms with Crippen molar-refractivity contribution in [2.45, 2.75) is 25.7 Å². The van der Waals surface area contributed by atoms with Crippen LogP contribution in [0.5, 0.6) is 0 Å². The molecule has 1 amide bonds. The zero-order valence-electron chi connectivity index (χ0n) is 17.0. The van der Waals surface area contributed by atoms with Gasteiger partial charge in [0.2, 0.25) is 0 Å².